The van der Waals surface area contributed by atoms with E-state index >= 15 is 0 Å². The lowest BCUT2D eigenvalue weighted by atomic mass is 9.85. The zero-order chi connectivity index (χ0) is 30.8. The Bertz CT molecular complexity index is 2480. The standard InChI is InChI=1S/C44H38N4/c1-5-25-9-21(1)13-29-33-17-38-42-26-6-2-23(10-26)15-31(42)35(47-38)19-40-44-28-8-4-24(12-28)16-32(44)36(48-40)20-39-43-27-7-3-22(11-27)14-30(43)34(46-39)18-37(45-33)41(25)29/h9-12,17-20,25-28,45-46H,1-8,13-16H2. The molecule has 0 radical (unpaired) electrons. The van der Waals surface area contributed by atoms with Gasteiger partial charge in [-0.3, -0.25) is 0 Å². The molecule has 234 valence electrons. The number of rotatable bonds is 0. The average molecular weight is 623 g/mol. The smallest absolute Gasteiger partial charge is 0.0700 e. The largest absolute Gasteiger partial charge is 0.355 e. The van der Waals surface area contributed by atoms with Crippen LogP contribution in [0, 0.1) is 11.8 Å². The molecule has 0 spiro atoms. The summed E-state index contributed by atoms with van der Waals surface area (Å²) in [6.45, 7) is 0. The summed E-state index contributed by atoms with van der Waals surface area (Å²) >= 11 is 0. The van der Waals surface area contributed by atoms with Crippen molar-refractivity contribution in [1.82, 2.24) is 19.9 Å². The van der Waals surface area contributed by atoms with Crippen LogP contribution in [0.3, 0.4) is 0 Å². The molecule has 0 saturated heterocycles. The van der Waals surface area contributed by atoms with Crippen molar-refractivity contribution in [2.75, 3.05) is 0 Å². The van der Waals surface area contributed by atoms with Gasteiger partial charge in [-0.15, -0.1) is 0 Å². The first-order chi connectivity index (χ1) is 23.7. The van der Waals surface area contributed by atoms with Gasteiger partial charge in [-0.25, -0.2) is 9.97 Å². The van der Waals surface area contributed by atoms with Crippen LogP contribution in [0.4, 0.5) is 0 Å². The molecule has 4 heteroatoms. The molecule has 3 aromatic rings. The number of H-pyrrole nitrogens is 2. The minimum Gasteiger partial charge on any atom is -0.355 e. The molecule has 5 heterocycles. The van der Waals surface area contributed by atoms with Gasteiger partial charge < -0.3 is 9.97 Å². The van der Waals surface area contributed by atoms with Gasteiger partial charge in [0.15, 0.2) is 0 Å². The van der Waals surface area contributed by atoms with E-state index in [9.17, 15) is 0 Å². The molecule has 0 aromatic carbocycles. The Morgan fingerprint density at radius 2 is 0.875 bits per heavy atom. The summed E-state index contributed by atoms with van der Waals surface area (Å²) < 4.78 is 0. The molecule has 2 N–H and O–H groups in total. The zero-order valence-corrected chi connectivity index (χ0v) is 27.3. The molecule has 4 unspecified atom stereocenters. The number of aromatic amines is 2. The van der Waals surface area contributed by atoms with Gasteiger partial charge >= 0.3 is 0 Å². The van der Waals surface area contributed by atoms with Gasteiger partial charge in [-0.2, -0.15) is 0 Å². The van der Waals surface area contributed by atoms with E-state index in [1.807, 2.05) is 0 Å². The van der Waals surface area contributed by atoms with E-state index in [-0.39, 0.29) is 0 Å². The number of nitrogens with zero attached hydrogens (tertiary/aromatic N) is 2. The second kappa shape index (κ2) is 8.77. The molecule has 8 aliphatic carbocycles. The third kappa shape index (κ3) is 3.32. The van der Waals surface area contributed by atoms with Crippen molar-refractivity contribution < 1.29 is 0 Å². The lowest BCUT2D eigenvalue weighted by Crippen LogP contribution is -2.01. The second-order valence-electron chi connectivity index (χ2n) is 16.4. The van der Waals surface area contributed by atoms with E-state index in [0.29, 0.717) is 23.7 Å². The highest BCUT2D eigenvalue weighted by Crippen LogP contribution is 2.54. The van der Waals surface area contributed by atoms with Gasteiger partial charge in [-0.1, -0.05) is 46.6 Å². The Balaban J connectivity index is 1.17. The Labute approximate surface area is 280 Å². The van der Waals surface area contributed by atoms with Crippen LogP contribution in [0.2, 0.25) is 0 Å². The highest BCUT2D eigenvalue weighted by molar-refractivity contribution is 6.00. The van der Waals surface area contributed by atoms with Crippen LogP contribution in [0.5, 0.6) is 0 Å². The molecule has 4 nitrogen and oxygen atoms in total. The highest BCUT2D eigenvalue weighted by Gasteiger charge is 2.38. The van der Waals surface area contributed by atoms with Gasteiger partial charge in [0, 0.05) is 45.7 Å². The topological polar surface area (TPSA) is 57.4 Å². The lowest BCUT2D eigenvalue weighted by Gasteiger charge is -2.17. The SMILES string of the molecule is C1=C2CCC1C1=C(C2)c2cc3[nH]c(cc4[nH]c(cc5nc(cc1n2)C1=C5C2C=C(CC2)C1)c1c4C2C=C(CC2)C1)c1c3C2C=C(CC2)C1. The first-order valence-corrected chi connectivity index (χ1v) is 18.7. The van der Waals surface area contributed by atoms with E-state index in [1.165, 1.54) is 141 Å². The summed E-state index contributed by atoms with van der Waals surface area (Å²) in [6.07, 6.45) is 24.4. The molecule has 48 heavy (non-hydrogen) atoms. The molecule has 3 aromatic heterocycles. The second-order valence-corrected chi connectivity index (χ2v) is 16.4. The number of nitrogens with one attached hydrogen (secondary N) is 2. The van der Waals surface area contributed by atoms with Crippen LogP contribution in [0.1, 0.15) is 121 Å². The van der Waals surface area contributed by atoms with Crippen LogP contribution in [-0.4, -0.2) is 19.9 Å². The van der Waals surface area contributed by atoms with E-state index in [0.717, 1.165) is 25.7 Å². The van der Waals surface area contributed by atoms with Crippen LogP contribution >= 0.6 is 0 Å². The van der Waals surface area contributed by atoms with Crippen molar-refractivity contribution in [1.29, 1.82) is 0 Å². The molecule has 13 rings (SSSR count). The fourth-order valence-corrected chi connectivity index (χ4v) is 11.8. The lowest BCUT2D eigenvalue weighted by molar-refractivity contribution is 0.787. The Morgan fingerprint density at radius 1 is 0.438 bits per heavy atom. The monoisotopic (exact) mass is 622 g/mol. The van der Waals surface area contributed by atoms with Crippen LogP contribution in [0.15, 0.2) is 70.9 Å². The van der Waals surface area contributed by atoms with Crippen molar-refractivity contribution in [2.24, 2.45) is 11.8 Å². The summed E-state index contributed by atoms with van der Waals surface area (Å²) in [5.74, 6) is 1.99. The highest BCUT2D eigenvalue weighted by atomic mass is 14.8. The third-order valence-corrected chi connectivity index (χ3v) is 13.8. The number of hydrogen-bond acceptors (Lipinski definition) is 2. The quantitative estimate of drug-likeness (QED) is 0.245. The molecule has 0 amide bonds. The van der Waals surface area contributed by atoms with Gasteiger partial charge in [0.25, 0.3) is 0 Å². The van der Waals surface area contributed by atoms with Crippen molar-refractivity contribution in [3.63, 3.8) is 0 Å². The summed E-state index contributed by atoms with van der Waals surface area (Å²) in [7, 11) is 0. The first kappa shape index (κ1) is 25.6. The van der Waals surface area contributed by atoms with Crippen molar-refractivity contribution in [2.45, 2.75) is 88.9 Å². The van der Waals surface area contributed by atoms with E-state index in [4.69, 9.17) is 9.97 Å². The van der Waals surface area contributed by atoms with Gasteiger partial charge in [-0.05, 0) is 146 Å². The van der Waals surface area contributed by atoms with Crippen molar-refractivity contribution in [3.8, 4) is 0 Å². The predicted octanol–water partition coefficient (Wildman–Crippen LogP) is 10.3. The maximum atomic E-state index is 5.55. The number of aromatic nitrogens is 4. The fourth-order valence-electron chi connectivity index (χ4n) is 11.8. The molecule has 0 saturated carbocycles. The van der Waals surface area contributed by atoms with E-state index < -0.39 is 0 Å². The molecule has 4 atom stereocenters. The van der Waals surface area contributed by atoms with Gasteiger partial charge in [0.05, 0.1) is 22.8 Å². The van der Waals surface area contributed by atoms with Crippen LogP contribution in [-0.2, 0) is 12.8 Å². The van der Waals surface area contributed by atoms with E-state index in [1.54, 1.807) is 22.3 Å². The number of fused-ring (bicyclic) bond motifs is 26. The Hall–Kier alpha value is -4.44. The van der Waals surface area contributed by atoms with Gasteiger partial charge in [0.2, 0.25) is 0 Å². The summed E-state index contributed by atoms with van der Waals surface area (Å²) in [5.41, 5.74) is 28.3. The van der Waals surface area contributed by atoms with Crippen molar-refractivity contribution >= 4 is 44.4 Å². The predicted molar refractivity (Wildman–Crippen MR) is 193 cm³/mol. The fraction of sp³-hybridized carbons (Fsp3) is 0.364. The molecule has 16 bridgehead atoms. The van der Waals surface area contributed by atoms with Crippen molar-refractivity contribution in [3.05, 3.63) is 116 Å². The summed E-state index contributed by atoms with van der Waals surface area (Å²) in [5, 5.41) is 0. The van der Waals surface area contributed by atoms with Crippen LogP contribution < -0.4 is 0 Å². The van der Waals surface area contributed by atoms with Crippen LogP contribution in [0.25, 0.3) is 44.4 Å². The third-order valence-electron chi connectivity index (χ3n) is 13.8. The molecular weight excluding hydrogens is 585 g/mol. The number of hydrogen-bond donors (Lipinski definition) is 2. The summed E-state index contributed by atoms with van der Waals surface area (Å²) in [6, 6.07) is 9.78. The zero-order valence-electron chi connectivity index (χ0n) is 27.3. The minimum atomic E-state index is 0.484. The molecule has 10 aliphatic rings. The molecular formula is C44H38N4. The average Bonchev–Trinajstić information content (AvgIpc) is 3.96. The molecule has 0 fully saturated rings. The maximum Gasteiger partial charge on any atom is 0.0700 e. The van der Waals surface area contributed by atoms with E-state index in [2.05, 4.69) is 58.5 Å². The Morgan fingerprint density at radius 3 is 1.48 bits per heavy atom. The summed E-state index contributed by atoms with van der Waals surface area (Å²) in [4.78, 5) is 19.2. The minimum absolute atomic E-state index is 0.484. The Kier molecular flexibility index (Phi) is 4.67. The normalized spacial score (nSPS) is 28.2. The molecule has 2 aliphatic heterocycles. The van der Waals surface area contributed by atoms with Gasteiger partial charge in [0.1, 0.15) is 0 Å². The maximum absolute atomic E-state index is 5.55. The number of allylic oxidation sites excluding steroid dienone is 12. The first-order valence-electron chi connectivity index (χ1n) is 18.7.